The van der Waals surface area contributed by atoms with Crippen LogP contribution in [-0.2, 0) is 13.0 Å². The number of nitro benzene ring substituents is 1. The van der Waals surface area contributed by atoms with Gasteiger partial charge in [-0.15, -0.1) is 0 Å². The van der Waals surface area contributed by atoms with Gasteiger partial charge in [-0.25, -0.2) is 9.78 Å². The summed E-state index contributed by atoms with van der Waals surface area (Å²) in [6.07, 6.45) is 2.56. The number of hydrogen-bond donors (Lipinski definition) is 1. The van der Waals surface area contributed by atoms with Crippen molar-refractivity contribution in [3.63, 3.8) is 0 Å². The van der Waals surface area contributed by atoms with E-state index in [-0.39, 0.29) is 41.5 Å². The molecule has 0 saturated heterocycles. The maximum atomic E-state index is 13.3. The lowest BCUT2D eigenvalue weighted by molar-refractivity contribution is -0.386. The van der Waals surface area contributed by atoms with Crippen molar-refractivity contribution in [2.24, 2.45) is 5.10 Å². The Bertz CT molecular complexity index is 1680. The summed E-state index contributed by atoms with van der Waals surface area (Å²) >= 11 is 3.37. The summed E-state index contributed by atoms with van der Waals surface area (Å²) in [5.74, 6) is -0.636. The first-order valence-electron chi connectivity index (χ1n) is 12.4. The van der Waals surface area contributed by atoms with E-state index in [4.69, 9.17) is 9.47 Å². The fraction of sp³-hybridized carbons (Fsp3) is 0.214. The molecule has 0 atom stereocenters. The highest BCUT2D eigenvalue weighted by Gasteiger charge is 2.23. The Morgan fingerprint density at radius 1 is 1.18 bits per heavy atom. The number of aromatic nitrogens is 2. The van der Waals surface area contributed by atoms with Crippen molar-refractivity contribution in [1.82, 2.24) is 9.66 Å². The standard InChI is InChI=1S/C28H25BrN4O7/c1-3-6-25-31-22-10-9-20(29)14-21(22)27(34)32(25)30-15-18-12-23(33(37)38)26(24(13-18)39-4-2)40-16-17-7-5-8-19(11-17)28(35)36/h5,7-15H,3-4,6,16H2,1-2H3,(H,35,36). The maximum absolute atomic E-state index is 13.3. The number of rotatable bonds is 11. The first kappa shape index (κ1) is 28.4. The highest BCUT2D eigenvalue weighted by atomic mass is 79.9. The topological polar surface area (TPSA) is 146 Å². The summed E-state index contributed by atoms with van der Waals surface area (Å²) in [4.78, 5) is 40.6. The molecule has 0 fully saturated rings. The van der Waals surface area contributed by atoms with Gasteiger partial charge in [0.15, 0.2) is 5.75 Å². The molecule has 3 aromatic carbocycles. The van der Waals surface area contributed by atoms with Gasteiger partial charge in [-0.3, -0.25) is 14.9 Å². The lowest BCUT2D eigenvalue weighted by Crippen LogP contribution is -2.22. The number of carboxylic acid groups (broad SMARTS) is 1. The first-order chi connectivity index (χ1) is 19.2. The molecule has 0 radical (unpaired) electrons. The quantitative estimate of drug-likeness (QED) is 0.132. The monoisotopic (exact) mass is 608 g/mol. The molecule has 0 aliphatic carbocycles. The third-order valence-electron chi connectivity index (χ3n) is 5.78. The third kappa shape index (κ3) is 6.34. The van der Waals surface area contributed by atoms with E-state index in [1.54, 1.807) is 37.3 Å². The minimum absolute atomic E-state index is 0.0698. The Kier molecular flexibility index (Phi) is 8.90. The van der Waals surface area contributed by atoms with Gasteiger partial charge in [0.1, 0.15) is 12.4 Å². The van der Waals surface area contributed by atoms with Gasteiger partial charge in [-0.1, -0.05) is 35.0 Å². The third-order valence-corrected chi connectivity index (χ3v) is 6.28. The van der Waals surface area contributed by atoms with Gasteiger partial charge < -0.3 is 14.6 Å². The van der Waals surface area contributed by atoms with Gasteiger partial charge in [0, 0.05) is 22.5 Å². The van der Waals surface area contributed by atoms with Crippen LogP contribution in [0.5, 0.6) is 11.5 Å². The Morgan fingerprint density at radius 3 is 2.67 bits per heavy atom. The van der Waals surface area contributed by atoms with E-state index < -0.39 is 10.9 Å². The Morgan fingerprint density at radius 2 is 1.98 bits per heavy atom. The zero-order chi connectivity index (χ0) is 28.8. The lowest BCUT2D eigenvalue weighted by atomic mass is 10.1. The van der Waals surface area contributed by atoms with E-state index >= 15 is 0 Å². The normalized spacial score (nSPS) is 11.2. The highest BCUT2D eigenvalue weighted by molar-refractivity contribution is 9.10. The number of ether oxygens (including phenoxy) is 2. The molecule has 0 aliphatic rings. The van der Waals surface area contributed by atoms with Crippen LogP contribution in [-0.4, -0.2) is 38.5 Å². The summed E-state index contributed by atoms with van der Waals surface area (Å²) in [6.45, 7) is 3.76. The van der Waals surface area contributed by atoms with Crippen molar-refractivity contribution in [2.45, 2.75) is 33.3 Å². The molecule has 1 aromatic heterocycles. The van der Waals surface area contributed by atoms with Crippen LogP contribution in [0.1, 0.15) is 47.6 Å². The van der Waals surface area contributed by atoms with Crippen molar-refractivity contribution < 1.29 is 24.3 Å². The van der Waals surface area contributed by atoms with Crippen molar-refractivity contribution in [3.05, 3.63) is 102 Å². The maximum Gasteiger partial charge on any atom is 0.335 e. The summed E-state index contributed by atoms with van der Waals surface area (Å²) < 4.78 is 13.4. The molecule has 0 spiro atoms. The van der Waals surface area contributed by atoms with E-state index in [2.05, 4.69) is 26.0 Å². The fourth-order valence-electron chi connectivity index (χ4n) is 4.00. The summed E-state index contributed by atoms with van der Waals surface area (Å²) in [6, 6.07) is 14.1. The van der Waals surface area contributed by atoms with Crippen LogP contribution in [0.15, 0.2) is 69.0 Å². The molecule has 12 heteroatoms. The van der Waals surface area contributed by atoms with E-state index in [0.29, 0.717) is 34.3 Å². The van der Waals surface area contributed by atoms with Crippen LogP contribution in [0, 0.1) is 10.1 Å². The fourth-order valence-corrected chi connectivity index (χ4v) is 4.36. The number of nitro groups is 1. The second-order valence-corrected chi connectivity index (χ2v) is 9.57. The minimum Gasteiger partial charge on any atom is -0.490 e. The second-order valence-electron chi connectivity index (χ2n) is 8.65. The number of aryl methyl sites for hydroxylation is 1. The molecule has 1 heterocycles. The summed E-state index contributed by atoms with van der Waals surface area (Å²) in [7, 11) is 0. The number of carbonyl (C=O) groups is 1. The predicted octanol–water partition coefficient (Wildman–Crippen LogP) is 5.58. The van der Waals surface area contributed by atoms with Gasteiger partial charge in [0.25, 0.3) is 5.56 Å². The van der Waals surface area contributed by atoms with E-state index in [9.17, 15) is 24.8 Å². The van der Waals surface area contributed by atoms with Crippen molar-refractivity contribution >= 4 is 44.7 Å². The molecule has 0 amide bonds. The molecule has 206 valence electrons. The summed E-state index contributed by atoms with van der Waals surface area (Å²) in [5, 5.41) is 26.0. The number of benzene rings is 3. The molecule has 4 aromatic rings. The first-order valence-corrected chi connectivity index (χ1v) is 13.2. The Balaban J connectivity index is 1.74. The minimum atomic E-state index is -1.10. The van der Waals surface area contributed by atoms with Crippen LogP contribution >= 0.6 is 15.9 Å². The highest BCUT2D eigenvalue weighted by Crippen LogP contribution is 2.39. The van der Waals surface area contributed by atoms with E-state index in [1.807, 2.05) is 6.92 Å². The molecule has 40 heavy (non-hydrogen) atoms. The van der Waals surface area contributed by atoms with Crippen molar-refractivity contribution in [3.8, 4) is 11.5 Å². The average Bonchev–Trinajstić information content (AvgIpc) is 2.93. The number of carboxylic acids is 1. The summed E-state index contributed by atoms with van der Waals surface area (Å²) in [5.41, 5.74) is 0.699. The number of hydrogen-bond acceptors (Lipinski definition) is 8. The van der Waals surface area contributed by atoms with Gasteiger partial charge in [-0.05, 0) is 55.3 Å². The van der Waals surface area contributed by atoms with Crippen LogP contribution in [0.3, 0.4) is 0 Å². The van der Waals surface area contributed by atoms with E-state index in [0.717, 1.165) is 10.9 Å². The molecule has 0 unspecified atom stereocenters. The molecule has 1 N–H and O–H groups in total. The molecular weight excluding hydrogens is 584 g/mol. The van der Waals surface area contributed by atoms with Crippen molar-refractivity contribution in [1.29, 1.82) is 0 Å². The number of aromatic carboxylic acids is 1. The zero-order valence-electron chi connectivity index (χ0n) is 21.7. The molecule has 11 nitrogen and oxygen atoms in total. The van der Waals surface area contributed by atoms with Crippen LogP contribution in [0.25, 0.3) is 10.9 Å². The molecule has 0 aliphatic heterocycles. The number of halogens is 1. The predicted molar refractivity (Wildman–Crippen MR) is 153 cm³/mol. The largest absolute Gasteiger partial charge is 0.490 e. The smallest absolute Gasteiger partial charge is 0.335 e. The van der Waals surface area contributed by atoms with Crippen LogP contribution < -0.4 is 15.0 Å². The molecule has 4 rings (SSSR count). The second kappa shape index (κ2) is 12.5. The molecule has 0 saturated carbocycles. The SMILES string of the molecule is CCCc1nc2ccc(Br)cc2c(=O)n1N=Cc1cc(OCC)c(OCc2cccc(C(=O)O)c2)c([N+](=O)[O-])c1. The zero-order valence-corrected chi connectivity index (χ0v) is 23.3. The average molecular weight is 609 g/mol. The van der Waals surface area contributed by atoms with Crippen LogP contribution in [0.4, 0.5) is 5.69 Å². The Labute approximate surface area is 237 Å². The van der Waals surface area contributed by atoms with Gasteiger partial charge in [0.05, 0.1) is 34.2 Å². The van der Waals surface area contributed by atoms with Gasteiger partial charge in [0.2, 0.25) is 5.75 Å². The van der Waals surface area contributed by atoms with E-state index in [1.165, 1.54) is 35.2 Å². The molecule has 0 bridgehead atoms. The molecular formula is C28H25BrN4O7. The number of fused-ring (bicyclic) bond motifs is 1. The van der Waals surface area contributed by atoms with Gasteiger partial charge >= 0.3 is 11.7 Å². The van der Waals surface area contributed by atoms with Gasteiger partial charge in [-0.2, -0.15) is 9.78 Å². The lowest BCUT2D eigenvalue weighted by Gasteiger charge is -2.13. The Hall–Kier alpha value is -4.58. The number of nitrogens with zero attached hydrogens (tertiary/aromatic N) is 4. The van der Waals surface area contributed by atoms with Crippen LogP contribution in [0.2, 0.25) is 0 Å². The van der Waals surface area contributed by atoms with Crippen molar-refractivity contribution in [2.75, 3.05) is 6.61 Å².